The summed E-state index contributed by atoms with van der Waals surface area (Å²) in [5.41, 5.74) is 1.39. The molecular weight excluding hydrogens is 477 g/mol. The minimum atomic E-state index is -3.99. The van der Waals surface area contributed by atoms with Gasteiger partial charge in [-0.15, -0.1) is 0 Å². The van der Waals surface area contributed by atoms with Crippen LogP contribution in [0.4, 0.5) is 9.18 Å². The monoisotopic (exact) mass is 495 g/mol. The van der Waals surface area contributed by atoms with Crippen molar-refractivity contribution >= 4 is 32.9 Å². The number of aromatic nitrogens is 3. The van der Waals surface area contributed by atoms with Crippen LogP contribution >= 0.6 is 0 Å². The maximum Gasteiger partial charge on any atom is 0.405 e. The molecule has 2 amide bonds. The van der Waals surface area contributed by atoms with Crippen LogP contribution in [-0.4, -0.2) is 44.6 Å². The molecule has 1 atom stereocenters. The first kappa shape index (κ1) is 22.5. The van der Waals surface area contributed by atoms with Crippen LogP contribution in [0.3, 0.4) is 0 Å². The largest absolute Gasteiger partial charge is 0.465 e. The first-order valence-corrected chi connectivity index (χ1v) is 11.9. The van der Waals surface area contributed by atoms with Gasteiger partial charge in [0.25, 0.3) is 15.9 Å². The van der Waals surface area contributed by atoms with Crippen molar-refractivity contribution in [2.75, 3.05) is 0 Å². The zero-order valence-corrected chi connectivity index (χ0v) is 18.8. The molecule has 0 saturated heterocycles. The number of carbonyl (C=O) groups excluding carboxylic acids is 1. The van der Waals surface area contributed by atoms with Crippen LogP contribution in [-0.2, 0) is 27.9 Å². The molecule has 0 bridgehead atoms. The summed E-state index contributed by atoms with van der Waals surface area (Å²) in [5, 5.41) is 16.1. The summed E-state index contributed by atoms with van der Waals surface area (Å²) in [6.45, 7) is -0.0534. The van der Waals surface area contributed by atoms with Gasteiger partial charge in [0.15, 0.2) is 0 Å². The number of benzene rings is 2. The average molecular weight is 495 g/mol. The molecule has 2 aromatic carbocycles. The van der Waals surface area contributed by atoms with E-state index >= 15 is 0 Å². The minimum Gasteiger partial charge on any atom is -0.465 e. The molecule has 0 spiro atoms. The molecule has 0 radical (unpaired) electrons. The number of pyridine rings is 1. The van der Waals surface area contributed by atoms with E-state index in [4.69, 9.17) is 0 Å². The fraction of sp³-hybridized carbons (Fsp3) is 0.130. The highest BCUT2D eigenvalue weighted by atomic mass is 32.2. The van der Waals surface area contributed by atoms with Crippen LogP contribution in [0, 0.1) is 5.82 Å². The summed E-state index contributed by atoms with van der Waals surface area (Å²) in [6.07, 6.45) is 1.46. The van der Waals surface area contributed by atoms with Gasteiger partial charge >= 0.3 is 6.09 Å². The quantitative estimate of drug-likeness (QED) is 0.435. The average Bonchev–Trinajstić information content (AvgIpc) is 3.42. The lowest BCUT2D eigenvalue weighted by atomic mass is 10.1. The number of amides is 2. The second-order valence-electron chi connectivity index (χ2n) is 7.93. The van der Waals surface area contributed by atoms with E-state index in [1.165, 1.54) is 41.4 Å². The molecule has 35 heavy (non-hydrogen) atoms. The topological polar surface area (TPSA) is 134 Å². The van der Waals surface area contributed by atoms with Crippen molar-refractivity contribution < 1.29 is 27.5 Å². The predicted octanol–water partition coefficient (Wildman–Crippen LogP) is 2.66. The molecule has 5 rings (SSSR count). The van der Waals surface area contributed by atoms with E-state index in [2.05, 4.69) is 15.4 Å². The second-order valence-corrected chi connectivity index (χ2v) is 9.73. The van der Waals surface area contributed by atoms with E-state index in [1.807, 2.05) is 0 Å². The SMILES string of the molecule is O=C(O)N[C@@H](C(=O)N1Cc2cn(S(=O)(=O)c3ccc4ncccc4c3)nc2C1)c1ccccc1F. The molecular formula is C23H18FN5O5S. The molecule has 2 aromatic heterocycles. The smallest absolute Gasteiger partial charge is 0.405 e. The first-order chi connectivity index (χ1) is 16.7. The highest BCUT2D eigenvalue weighted by molar-refractivity contribution is 7.89. The lowest BCUT2D eigenvalue weighted by molar-refractivity contribution is -0.134. The Morgan fingerprint density at radius 2 is 1.89 bits per heavy atom. The van der Waals surface area contributed by atoms with Gasteiger partial charge < -0.3 is 15.3 Å². The second kappa shape index (κ2) is 8.47. The molecule has 12 heteroatoms. The summed E-state index contributed by atoms with van der Waals surface area (Å²) in [7, 11) is -3.99. The summed E-state index contributed by atoms with van der Waals surface area (Å²) in [6, 6.07) is 12.0. The maximum absolute atomic E-state index is 14.3. The maximum atomic E-state index is 14.3. The first-order valence-electron chi connectivity index (χ1n) is 10.4. The van der Waals surface area contributed by atoms with Crippen molar-refractivity contribution in [3.63, 3.8) is 0 Å². The van der Waals surface area contributed by atoms with Gasteiger partial charge in [0.05, 0.1) is 22.7 Å². The van der Waals surface area contributed by atoms with Gasteiger partial charge in [0.1, 0.15) is 11.9 Å². The van der Waals surface area contributed by atoms with E-state index < -0.39 is 33.9 Å². The summed E-state index contributed by atoms with van der Waals surface area (Å²) in [5.74, 6) is -1.40. The Morgan fingerprint density at radius 1 is 1.09 bits per heavy atom. The number of hydrogen-bond donors (Lipinski definition) is 2. The number of hydrogen-bond acceptors (Lipinski definition) is 6. The Balaban J connectivity index is 1.39. The van der Waals surface area contributed by atoms with Gasteiger partial charge in [-0.1, -0.05) is 24.3 Å². The molecule has 2 N–H and O–H groups in total. The molecule has 0 saturated carbocycles. The predicted molar refractivity (Wildman–Crippen MR) is 121 cm³/mol. The number of carboxylic acid groups (broad SMARTS) is 1. The van der Waals surface area contributed by atoms with Crippen LogP contribution in [0.25, 0.3) is 10.9 Å². The molecule has 1 aliphatic heterocycles. The fourth-order valence-electron chi connectivity index (χ4n) is 4.02. The highest BCUT2D eigenvalue weighted by Crippen LogP contribution is 2.28. The highest BCUT2D eigenvalue weighted by Gasteiger charge is 2.35. The van der Waals surface area contributed by atoms with Crippen molar-refractivity contribution in [1.29, 1.82) is 0 Å². The normalized spacial score (nSPS) is 14.0. The number of nitrogens with zero attached hydrogens (tertiary/aromatic N) is 4. The van der Waals surface area contributed by atoms with Gasteiger partial charge in [-0.25, -0.2) is 9.18 Å². The Morgan fingerprint density at radius 3 is 2.63 bits per heavy atom. The minimum absolute atomic E-state index is 0.00240. The van der Waals surface area contributed by atoms with Gasteiger partial charge in [-0.2, -0.15) is 17.6 Å². The number of fused-ring (bicyclic) bond motifs is 2. The van der Waals surface area contributed by atoms with Crippen LogP contribution in [0.5, 0.6) is 0 Å². The van der Waals surface area contributed by atoms with Gasteiger partial charge in [-0.3, -0.25) is 9.78 Å². The van der Waals surface area contributed by atoms with Gasteiger partial charge in [0.2, 0.25) is 0 Å². The van der Waals surface area contributed by atoms with Gasteiger partial charge in [-0.05, 0) is 30.3 Å². The Bertz CT molecular complexity index is 1560. The van der Waals surface area contributed by atoms with Crippen LogP contribution in [0.2, 0.25) is 0 Å². The fourth-order valence-corrected chi connectivity index (χ4v) is 5.22. The molecule has 0 aliphatic carbocycles. The molecule has 4 aromatic rings. The van der Waals surface area contributed by atoms with Gasteiger partial charge in [0, 0.05) is 35.5 Å². The van der Waals surface area contributed by atoms with E-state index in [9.17, 15) is 27.5 Å². The molecule has 0 fully saturated rings. The Labute approximate surface area is 198 Å². The van der Waals surface area contributed by atoms with Crippen molar-refractivity contribution in [3.8, 4) is 0 Å². The molecule has 3 heterocycles. The summed E-state index contributed by atoms with van der Waals surface area (Å²) in [4.78, 5) is 29.9. The van der Waals surface area contributed by atoms with Crippen LogP contribution in [0.1, 0.15) is 22.9 Å². The third-order valence-corrected chi connectivity index (χ3v) is 7.25. The Hall–Kier alpha value is -4.32. The van der Waals surface area contributed by atoms with Crippen LogP contribution in [0.15, 0.2) is 71.9 Å². The Kier molecular flexibility index (Phi) is 5.44. The summed E-state index contributed by atoms with van der Waals surface area (Å²) >= 11 is 0. The zero-order valence-electron chi connectivity index (χ0n) is 18.0. The molecule has 1 aliphatic rings. The number of halogens is 1. The lowest BCUT2D eigenvalue weighted by Gasteiger charge is -2.23. The van der Waals surface area contributed by atoms with Crippen molar-refractivity contribution in [2.24, 2.45) is 0 Å². The third-order valence-electron chi connectivity index (χ3n) is 5.72. The van der Waals surface area contributed by atoms with Crippen molar-refractivity contribution in [1.82, 2.24) is 24.4 Å². The number of nitrogens with one attached hydrogen (secondary N) is 1. The van der Waals surface area contributed by atoms with E-state index in [-0.39, 0.29) is 23.5 Å². The molecule has 10 nitrogen and oxygen atoms in total. The van der Waals surface area contributed by atoms with E-state index in [0.29, 0.717) is 22.2 Å². The van der Waals surface area contributed by atoms with Crippen molar-refractivity contribution in [2.45, 2.75) is 24.0 Å². The number of carbonyl (C=O) groups is 2. The molecule has 178 valence electrons. The molecule has 0 unspecified atom stereocenters. The third kappa shape index (κ3) is 4.08. The van der Waals surface area contributed by atoms with E-state index in [1.54, 1.807) is 24.4 Å². The number of rotatable bonds is 5. The van der Waals surface area contributed by atoms with Crippen LogP contribution < -0.4 is 5.32 Å². The van der Waals surface area contributed by atoms with E-state index in [0.717, 1.165) is 10.2 Å². The van der Waals surface area contributed by atoms with Crippen molar-refractivity contribution in [3.05, 3.63) is 89.6 Å². The lowest BCUT2D eigenvalue weighted by Crippen LogP contribution is -2.41. The zero-order chi connectivity index (χ0) is 24.7. The summed E-state index contributed by atoms with van der Waals surface area (Å²) < 4.78 is 41.4. The standard InChI is InChI=1S/C23H18FN5O5S/c24-18-6-2-1-5-17(18)21(26-23(31)32)22(30)28-11-15-12-29(27-20(15)13-28)35(33,34)16-7-8-19-14(10-16)4-3-9-25-19/h1-10,12,21,26H,11,13H2,(H,31,32)/t21-/m1/s1.